The number of rotatable bonds is 2. The van der Waals surface area contributed by atoms with E-state index < -0.39 is 17.9 Å². The number of aromatic nitrogens is 4. The van der Waals surface area contributed by atoms with E-state index in [1.54, 1.807) is 0 Å². The summed E-state index contributed by atoms with van der Waals surface area (Å²) in [7, 11) is 1.23. The molecule has 0 unspecified atom stereocenters. The SMILES string of the molecule is Cc1ncc(C(=O)Nc2nc(C(F)(F)F)nn2C)o1. The molecule has 102 valence electrons. The summed E-state index contributed by atoms with van der Waals surface area (Å²) in [5, 5.41) is 5.30. The summed E-state index contributed by atoms with van der Waals surface area (Å²) in [4.78, 5) is 18.5. The molecule has 1 amide bonds. The Morgan fingerprint density at radius 3 is 2.63 bits per heavy atom. The molecule has 0 atom stereocenters. The summed E-state index contributed by atoms with van der Waals surface area (Å²) >= 11 is 0. The predicted octanol–water partition coefficient (Wildman–Crippen LogP) is 1.38. The summed E-state index contributed by atoms with van der Waals surface area (Å²) in [6, 6.07) is 0. The van der Waals surface area contributed by atoms with Crippen molar-refractivity contribution in [2.75, 3.05) is 5.32 Å². The van der Waals surface area contributed by atoms with Crippen molar-refractivity contribution in [3.8, 4) is 0 Å². The molecule has 0 aliphatic carbocycles. The first-order valence-corrected chi connectivity index (χ1v) is 4.99. The molecular weight excluding hydrogens is 267 g/mol. The van der Waals surface area contributed by atoms with Crippen molar-refractivity contribution >= 4 is 11.9 Å². The predicted molar refractivity (Wildman–Crippen MR) is 55.2 cm³/mol. The Hall–Kier alpha value is -2.39. The first-order chi connectivity index (χ1) is 8.77. The van der Waals surface area contributed by atoms with Gasteiger partial charge >= 0.3 is 6.18 Å². The van der Waals surface area contributed by atoms with Crippen molar-refractivity contribution in [2.24, 2.45) is 7.05 Å². The van der Waals surface area contributed by atoms with Gasteiger partial charge in [0, 0.05) is 14.0 Å². The maximum atomic E-state index is 12.4. The molecule has 0 radical (unpaired) electrons. The van der Waals surface area contributed by atoms with E-state index in [9.17, 15) is 18.0 Å². The first-order valence-electron chi connectivity index (χ1n) is 4.99. The zero-order chi connectivity index (χ0) is 14.2. The van der Waals surface area contributed by atoms with Gasteiger partial charge in [0.05, 0.1) is 6.20 Å². The average Bonchev–Trinajstić information content (AvgIpc) is 2.85. The molecule has 2 rings (SSSR count). The Kier molecular flexibility index (Phi) is 3.00. The fraction of sp³-hybridized carbons (Fsp3) is 0.333. The monoisotopic (exact) mass is 275 g/mol. The molecule has 19 heavy (non-hydrogen) atoms. The largest absolute Gasteiger partial charge is 0.453 e. The Labute approximate surface area is 104 Å². The normalized spacial score (nSPS) is 11.6. The van der Waals surface area contributed by atoms with Crippen LogP contribution in [0.25, 0.3) is 0 Å². The first kappa shape index (κ1) is 13.1. The van der Waals surface area contributed by atoms with Crippen LogP contribution in [-0.4, -0.2) is 25.7 Å². The van der Waals surface area contributed by atoms with Crippen molar-refractivity contribution < 1.29 is 22.4 Å². The molecule has 0 aliphatic rings. The lowest BCUT2D eigenvalue weighted by Gasteiger charge is -1.99. The second kappa shape index (κ2) is 4.37. The molecule has 0 aromatic carbocycles. The van der Waals surface area contributed by atoms with Crippen LogP contribution in [0.1, 0.15) is 22.3 Å². The van der Waals surface area contributed by atoms with Gasteiger partial charge in [0.2, 0.25) is 11.7 Å². The Balaban J connectivity index is 2.20. The molecule has 2 heterocycles. The van der Waals surface area contributed by atoms with E-state index in [1.165, 1.54) is 14.0 Å². The van der Waals surface area contributed by atoms with E-state index in [0.717, 1.165) is 10.9 Å². The van der Waals surface area contributed by atoms with Gasteiger partial charge < -0.3 is 4.42 Å². The number of nitrogens with zero attached hydrogens (tertiary/aromatic N) is 4. The van der Waals surface area contributed by atoms with Gasteiger partial charge in [-0.25, -0.2) is 9.67 Å². The van der Waals surface area contributed by atoms with Crippen LogP contribution in [0.3, 0.4) is 0 Å². The molecule has 2 aromatic rings. The number of hydrogen-bond acceptors (Lipinski definition) is 5. The number of aryl methyl sites for hydroxylation is 2. The van der Waals surface area contributed by atoms with E-state index in [2.05, 4.69) is 20.4 Å². The number of oxazole rings is 1. The molecule has 0 bridgehead atoms. The molecule has 0 fully saturated rings. The molecule has 2 aromatic heterocycles. The molecular formula is C9H8F3N5O2. The van der Waals surface area contributed by atoms with Crippen molar-refractivity contribution in [1.82, 2.24) is 19.7 Å². The second-order valence-electron chi connectivity index (χ2n) is 3.58. The van der Waals surface area contributed by atoms with Crippen LogP contribution in [0.15, 0.2) is 10.6 Å². The number of halogens is 3. The molecule has 1 N–H and O–H groups in total. The van der Waals surface area contributed by atoms with Gasteiger partial charge in [0.25, 0.3) is 11.7 Å². The summed E-state index contributed by atoms with van der Waals surface area (Å²) in [6.07, 6.45) is -3.52. The minimum Gasteiger partial charge on any atom is -0.436 e. The van der Waals surface area contributed by atoms with Gasteiger partial charge in [0.15, 0.2) is 5.89 Å². The van der Waals surface area contributed by atoms with Crippen molar-refractivity contribution in [2.45, 2.75) is 13.1 Å². The molecule has 0 saturated carbocycles. The molecule has 0 saturated heterocycles. The van der Waals surface area contributed by atoms with Crippen LogP contribution in [0.2, 0.25) is 0 Å². The van der Waals surface area contributed by atoms with Gasteiger partial charge in [-0.15, -0.1) is 5.10 Å². The van der Waals surface area contributed by atoms with Crippen LogP contribution in [-0.2, 0) is 13.2 Å². The van der Waals surface area contributed by atoms with Crippen LogP contribution in [0, 0.1) is 6.92 Å². The zero-order valence-corrected chi connectivity index (χ0v) is 9.82. The highest BCUT2D eigenvalue weighted by atomic mass is 19.4. The topological polar surface area (TPSA) is 85.8 Å². The third kappa shape index (κ3) is 2.72. The lowest BCUT2D eigenvalue weighted by molar-refractivity contribution is -0.144. The molecule has 0 spiro atoms. The van der Waals surface area contributed by atoms with E-state index in [-0.39, 0.29) is 17.6 Å². The number of amides is 1. The number of carbonyl (C=O) groups is 1. The van der Waals surface area contributed by atoms with E-state index in [1.807, 2.05) is 0 Å². The lowest BCUT2D eigenvalue weighted by Crippen LogP contribution is -2.14. The van der Waals surface area contributed by atoms with Gasteiger partial charge in [-0.2, -0.15) is 18.2 Å². The van der Waals surface area contributed by atoms with Crippen LogP contribution >= 0.6 is 0 Å². The molecule has 10 heteroatoms. The molecule has 0 aliphatic heterocycles. The highest BCUT2D eigenvalue weighted by Gasteiger charge is 2.37. The second-order valence-corrected chi connectivity index (χ2v) is 3.58. The van der Waals surface area contributed by atoms with Crippen LogP contribution in [0.4, 0.5) is 19.1 Å². The van der Waals surface area contributed by atoms with E-state index in [4.69, 9.17) is 4.42 Å². The van der Waals surface area contributed by atoms with Gasteiger partial charge in [-0.05, 0) is 0 Å². The fourth-order valence-electron chi connectivity index (χ4n) is 1.24. The summed E-state index contributed by atoms with van der Waals surface area (Å²) < 4.78 is 42.8. The van der Waals surface area contributed by atoms with Gasteiger partial charge in [0.1, 0.15) is 0 Å². The number of alkyl halides is 3. The van der Waals surface area contributed by atoms with Gasteiger partial charge in [-0.3, -0.25) is 10.1 Å². The summed E-state index contributed by atoms with van der Waals surface area (Å²) in [6.45, 7) is 1.53. The highest BCUT2D eigenvalue weighted by Crippen LogP contribution is 2.27. The van der Waals surface area contributed by atoms with Crippen LogP contribution < -0.4 is 5.32 Å². The summed E-state index contributed by atoms with van der Waals surface area (Å²) in [5.41, 5.74) is 0. The number of hydrogen-bond donors (Lipinski definition) is 1. The standard InChI is InChI=1S/C9H8F3N5O2/c1-4-13-3-5(19-4)6(18)14-8-15-7(9(10,11)12)16-17(8)2/h3H,1-2H3,(H,14,15,16,18). The van der Waals surface area contributed by atoms with Crippen molar-refractivity contribution in [1.29, 1.82) is 0 Å². The summed E-state index contributed by atoms with van der Waals surface area (Å²) in [5.74, 6) is -2.30. The van der Waals surface area contributed by atoms with Crippen molar-refractivity contribution in [3.05, 3.63) is 23.7 Å². The van der Waals surface area contributed by atoms with Gasteiger partial charge in [-0.1, -0.05) is 0 Å². The van der Waals surface area contributed by atoms with E-state index >= 15 is 0 Å². The smallest absolute Gasteiger partial charge is 0.436 e. The van der Waals surface area contributed by atoms with Crippen LogP contribution in [0.5, 0.6) is 0 Å². The number of carbonyl (C=O) groups excluding carboxylic acids is 1. The third-order valence-electron chi connectivity index (χ3n) is 2.09. The maximum Gasteiger partial charge on any atom is 0.453 e. The Morgan fingerprint density at radius 1 is 1.47 bits per heavy atom. The molecule has 7 nitrogen and oxygen atoms in total. The minimum absolute atomic E-state index is 0.131. The fourth-order valence-corrected chi connectivity index (χ4v) is 1.24. The number of nitrogens with one attached hydrogen (secondary N) is 1. The van der Waals surface area contributed by atoms with E-state index in [0.29, 0.717) is 0 Å². The maximum absolute atomic E-state index is 12.4. The lowest BCUT2D eigenvalue weighted by atomic mass is 10.5. The number of anilines is 1. The Morgan fingerprint density at radius 2 is 2.16 bits per heavy atom. The van der Waals surface area contributed by atoms with Crippen molar-refractivity contribution in [3.63, 3.8) is 0 Å². The third-order valence-corrected chi connectivity index (χ3v) is 2.09. The minimum atomic E-state index is -4.68. The average molecular weight is 275 g/mol. The Bertz CT molecular complexity index is 616. The quantitative estimate of drug-likeness (QED) is 0.894. The highest BCUT2D eigenvalue weighted by molar-refractivity contribution is 6.01. The zero-order valence-electron chi connectivity index (χ0n) is 9.82.